The van der Waals surface area contributed by atoms with Crippen LogP contribution in [0.3, 0.4) is 0 Å². The first kappa shape index (κ1) is 34.3. The lowest BCUT2D eigenvalue weighted by atomic mass is 9.78. The molecule has 2 heterocycles. The molecule has 274 valence electrons. The zero-order valence-electron chi connectivity index (χ0n) is 32.3. The molecular formula is C55H38N2S. The summed E-state index contributed by atoms with van der Waals surface area (Å²) in [7, 11) is 0. The summed E-state index contributed by atoms with van der Waals surface area (Å²) in [5, 5.41) is 2.59. The molecule has 0 N–H and O–H groups in total. The maximum absolute atomic E-state index is 5.36. The minimum atomic E-state index is -0.158. The molecule has 3 heteroatoms. The molecular weight excluding hydrogens is 721 g/mol. The Kier molecular flexibility index (Phi) is 8.06. The molecule has 0 amide bonds. The van der Waals surface area contributed by atoms with Crippen molar-refractivity contribution in [2.75, 3.05) is 0 Å². The number of nitrogens with zero attached hydrogens (tertiary/aromatic N) is 2. The van der Waals surface area contributed by atoms with Gasteiger partial charge in [-0.2, -0.15) is 0 Å². The van der Waals surface area contributed by atoms with Crippen molar-refractivity contribution in [1.29, 1.82) is 0 Å². The van der Waals surface area contributed by atoms with Crippen molar-refractivity contribution < 1.29 is 0 Å². The van der Waals surface area contributed by atoms with Gasteiger partial charge in [-0.25, -0.2) is 9.97 Å². The molecule has 0 fully saturated rings. The molecule has 8 aromatic carbocycles. The number of rotatable bonds is 6. The average Bonchev–Trinajstić information content (AvgIpc) is 3.78. The summed E-state index contributed by atoms with van der Waals surface area (Å²) in [6, 6.07) is 70.1. The van der Waals surface area contributed by atoms with Gasteiger partial charge in [0.25, 0.3) is 0 Å². The van der Waals surface area contributed by atoms with Crippen LogP contribution in [-0.2, 0) is 5.41 Å². The standard InChI is InChI=1S/C55H38N2S/c1-55(2)48-26-13-11-21-42(48)46-25-15-24-45(53(46)55)41-20-9-10-22-43(41)50-34-49(56-54(57-50)36-18-7-4-8-19-36)40-31-38(35-16-5-3-6-17-35)30-39(32-40)37-28-29-52-47(33-37)44-23-12-14-27-51(44)58-52/h3-34H,1-2H3. The van der Waals surface area contributed by atoms with Crippen LogP contribution in [0.2, 0.25) is 0 Å². The van der Waals surface area contributed by atoms with Gasteiger partial charge in [-0.15, -0.1) is 11.3 Å². The molecule has 1 aliphatic rings. The fourth-order valence-electron chi connectivity index (χ4n) is 9.11. The second-order valence-electron chi connectivity index (χ2n) is 15.7. The smallest absolute Gasteiger partial charge is 0.160 e. The van der Waals surface area contributed by atoms with Gasteiger partial charge in [-0.3, -0.25) is 0 Å². The van der Waals surface area contributed by atoms with Gasteiger partial charge in [0.1, 0.15) is 0 Å². The molecule has 0 unspecified atom stereocenters. The zero-order chi connectivity index (χ0) is 38.8. The van der Waals surface area contributed by atoms with Crippen LogP contribution in [0.5, 0.6) is 0 Å². The Hall–Kier alpha value is -6.94. The van der Waals surface area contributed by atoms with Crippen LogP contribution in [0.1, 0.15) is 25.0 Å². The number of hydrogen-bond acceptors (Lipinski definition) is 3. The van der Waals surface area contributed by atoms with E-state index in [4.69, 9.17) is 9.97 Å². The van der Waals surface area contributed by atoms with Crippen molar-refractivity contribution in [3.05, 3.63) is 205 Å². The van der Waals surface area contributed by atoms with Crippen LogP contribution >= 0.6 is 11.3 Å². The summed E-state index contributed by atoms with van der Waals surface area (Å²) in [5.74, 6) is 0.701. The predicted octanol–water partition coefficient (Wildman–Crippen LogP) is 15.2. The average molecular weight is 759 g/mol. The van der Waals surface area contributed by atoms with Gasteiger partial charge in [0.2, 0.25) is 0 Å². The number of thiophene rings is 1. The molecule has 1 aliphatic carbocycles. The van der Waals surface area contributed by atoms with E-state index in [2.05, 4.69) is 202 Å². The van der Waals surface area contributed by atoms with Gasteiger partial charge in [-0.1, -0.05) is 166 Å². The zero-order valence-corrected chi connectivity index (χ0v) is 33.1. The second-order valence-corrected chi connectivity index (χ2v) is 16.8. The first-order valence-electron chi connectivity index (χ1n) is 19.9. The number of aromatic nitrogens is 2. The Labute approximate surface area is 342 Å². The van der Waals surface area contributed by atoms with E-state index in [1.165, 1.54) is 59.1 Å². The van der Waals surface area contributed by atoms with Crippen LogP contribution in [0.4, 0.5) is 0 Å². The maximum atomic E-state index is 5.36. The highest BCUT2D eigenvalue weighted by molar-refractivity contribution is 7.25. The highest BCUT2D eigenvalue weighted by atomic mass is 32.1. The van der Waals surface area contributed by atoms with E-state index >= 15 is 0 Å². The summed E-state index contributed by atoms with van der Waals surface area (Å²) >= 11 is 1.85. The summed E-state index contributed by atoms with van der Waals surface area (Å²) in [6.45, 7) is 4.71. The molecule has 0 aliphatic heterocycles. The maximum Gasteiger partial charge on any atom is 0.160 e. The first-order chi connectivity index (χ1) is 28.5. The van der Waals surface area contributed by atoms with Crippen LogP contribution in [0.25, 0.3) is 98.6 Å². The fourth-order valence-corrected chi connectivity index (χ4v) is 10.2. The fraction of sp³-hybridized carbons (Fsp3) is 0.0545. The number of hydrogen-bond donors (Lipinski definition) is 0. The monoisotopic (exact) mass is 758 g/mol. The molecule has 58 heavy (non-hydrogen) atoms. The lowest BCUT2D eigenvalue weighted by molar-refractivity contribution is 0.662. The van der Waals surface area contributed by atoms with Crippen LogP contribution in [-0.4, -0.2) is 9.97 Å². The summed E-state index contributed by atoms with van der Waals surface area (Å²) in [6.07, 6.45) is 0. The van der Waals surface area contributed by atoms with Gasteiger partial charge < -0.3 is 0 Å². The molecule has 0 bridgehead atoms. The Morgan fingerprint density at radius 1 is 0.362 bits per heavy atom. The first-order valence-corrected chi connectivity index (χ1v) is 20.7. The van der Waals surface area contributed by atoms with E-state index in [0.717, 1.165) is 44.8 Å². The molecule has 10 aromatic rings. The van der Waals surface area contributed by atoms with Gasteiger partial charge in [0, 0.05) is 42.3 Å². The highest BCUT2D eigenvalue weighted by Gasteiger charge is 2.37. The third-order valence-corrected chi connectivity index (χ3v) is 13.0. The van der Waals surface area contributed by atoms with Crippen LogP contribution < -0.4 is 0 Å². The molecule has 0 saturated carbocycles. The van der Waals surface area contributed by atoms with Crippen molar-refractivity contribution in [2.24, 2.45) is 0 Å². The van der Waals surface area contributed by atoms with Gasteiger partial charge in [0.05, 0.1) is 11.4 Å². The Morgan fingerprint density at radius 2 is 0.931 bits per heavy atom. The Morgan fingerprint density at radius 3 is 1.72 bits per heavy atom. The summed E-state index contributed by atoms with van der Waals surface area (Å²) in [5.41, 5.74) is 17.1. The van der Waals surface area contributed by atoms with Gasteiger partial charge in [-0.05, 0) is 98.1 Å². The SMILES string of the molecule is CC1(C)c2ccccc2-c2cccc(-c3ccccc3-c3cc(-c4cc(-c5ccccc5)cc(-c5ccc6sc7ccccc7c6c5)c4)nc(-c4ccccc4)n3)c21. The highest BCUT2D eigenvalue weighted by Crippen LogP contribution is 2.53. The van der Waals surface area contributed by atoms with E-state index in [-0.39, 0.29) is 5.41 Å². The topological polar surface area (TPSA) is 25.8 Å². The summed E-state index contributed by atoms with van der Waals surface area (Å²) in [4.78, 5) is 10.7. The van der Waals surface area contributed by atoms with E-state index in [0.29, 0.717) is 5.82 Å². The predicted molar refractivity (Wildman–Crippen MR) is 245 cm³/mol. The minimum absolute atomic E-state index is 0.158. The van der Waals surface area contributed by atoms with E-state index < -0.39 is 0 Å². The molecule has 2 aromatic heterocycles. The molecule has 2 nitrogen and oxygen atoms in total. The van der Waals surface area contributed by atoms with Crippen LogP contribution in [0.15, 0.2) is 194 Å². The normalized spacial score (nSPS) is 12.8. The van der Waals surface area contributed by atoms with Crippen molar-refractivity contribution in [2.45, 2.75) is 19.3 Å². The van der Waals surface area contributed by atoms with Crippen molar-refractivity contribution in [3.8, 4) is 78.4 Å². The van der Waals surface area contributed by atoms with E-state index in [1.807, 2.05) is 17.4 Å². The van der Waals surface area contributed by atoms with Crippen molar-refractivity contribution in [1.82, 2.24) is 9.97 Å². The van der Waals surface area contributed by atoms with Gasteiger partial charge in [0.15, 0.2) is 5.82 Å². The minimum Gasteiger partial charge on any atom is -0.228 e. The molecule has 11 rings (SSSR count). The van der Waals surface area contributed by atoms with E-state index in [9.17, 15) is 0 Å². The largest absolute Gasteiger partial charge is 0.228 e. The molecule has 0 saturated heterocycles. The quantitative estimate of drug-likeness (QED) is 0.169. The molecule has 0 radical (unpaired) electrons. The second kappa shape index (κ2) is 13.6. The van der Waals surface area contributed by atoms with Crippen molar-refractivity contribution in [3.63, 3.8) is 0 Å². The Balaban J connectivity index is 1.13. The van der Waals surface area contributed by atoms with Gasteiger partial charge >= 0.3 is 0 Å². The molecule has 0 spiro atoms. The molecule has 0 atom stereocenters. The number of fused-ring (bicyclic) bond motifs is 6. The van der Waals surface area contributed by atoms with Crippen LogP contribution in [0, 0.1) is 0 Å². The third-order valence-electron chi connectivity index (χ3n) is 11.9. The lowest BCUT2D eigenvalue weighted by Crippen LogP contribution is -2.16. The number of benzene rings is 8. The van der Waals surface area contributed by atoms with Crippen molar-refractivity contribution >= 4 is 31.5 Å². The Bertz CT molecular complexity index is 3190. The third kappa shape index (κ3) is 5.69. The lowest BCUT2D eigenvalue weighted by Gasteiger charge is -2.25. The van der Waals surface area contributed by atoms with E-state index in [1.54, 1.807) is 0 Å². The summed E-state index contributed by atoms with van der Waals surface area (Å²) < 4.78 is 2.61.